The molecular weight excluding hydrogens is 160 g/mol. The van der Waals surface area contributed by atoms with E-state index in [1.54, 1.807) is 5.38 Å². The van der Waals surface area contributed by atoms with Crippen molar-refractivity contribution in [1.29, 1.82) is 0 Å². The monoisotopic (exact) mass is 172 g/mol. The van der Waals surface area contributed by atoms with Crippen molar-refractivity contribution in [2.75, 3.05) is 0 Å². The molecule has 4 heteroatoms. The minimum atomic E-state index is 0.415. The number of aromatic nitrogens is 1. The molecule has 1 heterocycles. The van der Waals surface area contributed by atoms with Crippen LogP contribution in [0.2, 0.25) is 0 Å². The number of rotatable bonds is 2. The van der Waals surface area contributed by atoms with Crippen LogP contribution in [0.25, 0.3) is 0 Å². The van der Waals surface area contributed by atoms with E-state index in [1.807, 2.05) is 13.8 Å². The molecule has 0 aromatic carbocycles. The number of carbonyl (C=O) groups excluding carboxylic acids is 1. The van der Waals surface area contributed by atoms with Crippen molar-refractivity contribution in [3.05, 3.63) is 16.1 Å². The number of hydrogen-bond donors (Lipinski definition) is 1. The molecule has 0 unspecified atom stereocenters. The molecule has 0 bridgehead atoms. The van der Waals surface area contributed by atoms with Crippen molar-refractivity contribution in [1.82, 2.24) is 4.98 Å². The third-order valence-corrected chi connectivity index (χ3v) is 1.75. The maximum atomic E-state index is 10.0. The van der Waals surface area contributed by atoms with Crippen molar-refractivity contribution in [2.24, 2.45) is 5.73 Å². The predicted molar refractivity (Wildman–Crippen MR) is 46.7 cm³/mol. The van der Waals surface area contributed by atoms with Crippen molar-refractivity contribution in [3.63, 3.8) is 0 Å². The molecule has 1 rings (SSSR count). The van der Waals surface area contributed by atoms with Crippen LogP contribution >= 0.6 is 11.3 Å². The largest absolute Gasteiger partial charge is 0.325 e. The zero-order chi connectivity index (χ0) is 8.69. The Morgan fingerprint density at radius 2 is 2.36 bits per heavy atom. The minimum absolute atomic E-state index is 0.415. The first-order chi connectivity index (χ1) is 5.36. The molecule has 2 N–H and O–H groups in total. The molecule has 0 aliphatic heterocycles. The molecule has 0 spiro atoms. The van der Waals surface area contributed by atoms with Gasteiger partial charge in [0.25, 0.3) is 0 Å². The van der Waals surface area contributed by atoms with E-state index in [2.05, 4.69) is 4.98 Å². The number of carbonyl (C=O) groups is 1. The number of hydrogen-bond acceptors (Lipinski definition) is 4. The maximum absolute atomic E-state index is 10.0. The average Bonchev–Trinajstić information content (AvgIpc) is 2.55. The Morgan fingerprint density at radius 1 is 1.73 bits per heavy atom. The first-order valence-corrected chi connectivity index (χ1v) is 4.34. The van der Waals surface area contributed by atoms with Crippen LogP contribution in [0.5, 0.6) is 0 Å². The molecule has 62 valence electrons. The number of thiazole rings is 1. The molecule has 0 saturated heterocycles. The van der Waals surface area contributed by atoms with Gasteiger partial charge in [0.05, 0.1) is 0 Å². The summed E-state index contributed by atoms with van der Waals surface area (Å²) in [6, 6.07) is 0. The van der Waals surface area contributed by atoms with E-state index in [4.69, 9.17) is 5.73 Å². The second kappa shape index (κ2) is 6.00. The average molecular weight is 172 g/mol. The summed E-state index contributed by atoms with van der Waals surface area (Å²) in [7, 11) is 0. The van der Waals surface area contributed by atoms with E-state index in [1.165, 1.54) is 11.3 Å². The topological polar surface area (TPSA) is 56.0 Å². The van der Waals surface area contributed by atoms with Crippen LogP contribution in [0.15, 0.2) is 5.38 Å². The van der Waals surface area contributed by atoms with Crippen molar-refractivity contribution in [3.8, 4) is 0 Å². The second-order valence-corrected chi connectivity index (χ2v) is 2.43. The lowest BCUT2D eigenvalue weighted by Gasteiger charge is -1.79. The van der Waals surface area contributed by atoms with Crippen LogP contribution in [0.4, 0.5) is 0 Å². The zero-order valence-electron chi connectivity index (χ0n) is 6.70. The maximum Gasteiger partial charge on any atom is 0.169 e. The highest BCUT2D eigenvalue weighted by Gasteiger charge is 1.95. The molecule has 1 aromatic rings. The van der Waals surface area contributed by atoms with Crippen LogP contribution in [0.3, 0.4) is 0 Å². The summed E-state index contributed by atoms with van der Waals surface area (Å²) in [5.41, 5.74) is 5.72. The smallest absolute Gasteiger partial charge is 0.169 e. The van der Waals surface area contributed by atoms with Crippen LogP contribution < -0.4 is 5.73 Å². The fourth-order valence-corrected chi connectivity index (χ4v) is 1.09. The van der Waals surface area contributed by atoms with Gasteiger partial charge in [-0.1, -0.05) is 13.8 Å². The molecule has 0 saturated carbocycles. The Morgan fingerprint density at radius 3 is 2.64 bits per heavy atom. The summed E-state index contributed by atoms with van der Waals surface area (Å²) in [6.45, 7) is 4.42. The van der Waals surface area contributed by atoms with Crippen LogP contribution in [-0.4, -0.2) is 11.3 Å². The Hall–Kier alpha value is -0.740. The van der Waals surface area contributed by atoms with Gasteiger partial charge in [-0.3, -0.25) is 4.79 Å². The molecule has 0 fully saturated rings. The zero-order valence-corrected chi connectivity index (χ0v) is 7.52. The highest BCUT2D eigenvalue weighted by molar-refractivity contribution is 7.09. The Balaban J connectivity index is 0.000000461. The van der Waals surface area contributed by atoms with E-state index >= 15 is 0 Å². The predicted octanol–water partition coefficient (Wildman–Crippen LogP) is 1.44. The molecule has 3 nitrogen and oxygen atoms in total. The molecule has 0 radical (unpaired) electrons. The molecule has 0 atom stereocenters. The van der Waals surface area contributed by atoms with Gasteiger partial charge in [0.1, 0.15) is 10.7 Å². The molecule has 0 aliphatic carbocycles. The number of aldehydes is 1. The standard InChI is InChI=1S/C5H6N2OS.C2H6/c6-1-5-7-4(2-8)3-9-5;1-2/h2-3H,1,6H2;1-2H3. The lowest BCUT2D eigenvalue weighted by atomic mass is 10.5. The van der Waals surface area contributed by atoms with E-state index in [9.17, 15) is 4.79 Å². The lowest BCUT2D eigenvalue weighted by molar-refractivity contribution is 0.111. The Kier molecular flexibility index (Phi) is 5.60. The molecule has 0 aliphatic rings. The summed E-state index contributed by atoms with van der Waals surface area (Å²) in [5.74, 6) is 0. The number of nitrogens with zero attached hydrogens (tertiary/aromatic N) is 1. The summed E-state index contributed by atoms with van der Waals surface area (Å²) in [6.07, 6.45) is 0.718. The summed E-state index contributed by atoms with van der Waals surface area (Å²) in [5, 5.41) is 2.49. The Bertz CT molecular complexity index is 210. The third-order valence-electron chi connectivity index (χ3n) is 0.865. The first-order valence-electron chi connectivity index (χ1n) is 3.46. The van der Waals surface area contributed by atoms with Crippen molar-refractivity contribution in [2.45, 2.75) is 20.4 Å². The van der Waals surface area contributed by atoms with Gasteiger partial charge in [0, 0.05) is 11.9 Å². The fraction of sp³-hybridized carbons (Fsp3) is 0.429. The van der Waals surface area contributed by atoms with Gasteiger partial charge in [0.15, 0.2) is 6.29 Å². The number of nitrogens with two attached hydrogens (primary N) is 1. The Labute approximate surface area is 70.3 Å². The van der Waals surface area contributed by atoms with Gasteiger partial charge < -0.3 is 5.73 Å². The molecule has 11 heavy (non-hydrogen) atoms. The molecule has 1 aromatic heterocycles. The van der Waals surface area contributed by atoms with Crippen LogP contribution in [0, 0.1) is 0 Å². The van der Waals surface area contributed by atoms with Gasteiger partial charge in [-0.05, 0) is 0 Å². The highest BCUT2D eigenvalue weighted by Crippen LogP contribution is 2.05. The van der Waals surface area contributed by atoms with E-state index in [0.717, 1.165) is 11.3 Å². The van der Waals surface area contributed by atoms with Crippen LogP contribution in [-0.2, 0) is 6.54 Å². The fourth-order valence-electron chi connectivity index (χ4n) is 0.473. The van der Waals surface area contributed by atoms with Gasteiger partial charge >= 0.3 is 0 Å². The van der Waals surface area contributed by atoms with E-state index in [0.29, 0.717) is 12.2 Å². The van der Waals surface area contributed by atoms with Crippen molar-refractivity contribution < 1.29 is 4.79 Å². The van der Waals surface area contributed by atoms with Gasteiger partial charge in [-0.15, -0.1) is 11.3 Å². The normalized spacial score (nSPS) is 8.27. The summed E-state index contributed by atoms with van der Waals surface area (Å²) >= 11 is 1.41. The molecular formula is C7H12N2OS. The van der Waals surface area contributed by atoms with Gasteiger partial charge in [-0.2, -0.15) is 0 Å². The minimum Gasteiger partial charge on any atom is -0.325 e. The quantitative estimate of drug-likeness (QED) is 0.687. The van der Waals surface area contributed by atoms with Crippen molar-refractivity contribution >= 4 is 17.6 Å². The second-order valence-electron chi connectivity index (χ2n) is 1.49. The van der Waals surface area contributed by atoms with E-state index < -0.39 is 0 Å². The summed E-state index contributed by atoms with van der Waals surface area (Å²) in [4.78, 5) is 13.9. The first kappa shape index (κ1) is 10.3. The van der Waals surface area contributed by atoms with E-state index in [-0.39, 0.29) is 0 Å². The van der Waals surface area contributed by atoms with Gasteiger partial charge in [-0.25, -0.2) is 4.98 Å². The van der Waals surface area contributed by atoms with Crippen LogP contribution in [0.1, 0.15) is 29.3 Å². The van der Waals surface area contributed by atoms with Gasteiger partial charge in [0.2, 0.25) is 0 Å². The highest BCUT2D eigenvalue weighted by atomic mass is 32.1. The SMILES string of the molecule is CC.NCc1nc(C=O)cs1. The summed E-state index contributed by atoms with van der Waals surface area (Å²) < 4.78 is 0. The molecule has 0 amide bonds. The lowest BCUT2D eigenvalue weighted by Crippen LogP contribution is -1.94. The third kappa shape index (κ3) is 3.25.